The van der Waals surface area contributed by atoms with E-state index in [-0.39, 0.29) is 5.41 Å². The molecule has 1 fully saturated rings. The van der Waals surface area contributed by atoms with Crippen molar-refractivity contribution >= 4 is 11.3 Å². The summed E-state index contributed by atoms with van der Waals surface area (Å²) in [6.07, 6.45) is 4.01. The lowest BCUT2D eigenvalue weighted by atomic mass is 9.87. The zero-order chi connectivity index (χ0) is 13.4. The van der Waals surface area contributed by atoms with Gasteiger partial charge in [-0.3, -0.25) is 0 Å². The van der Waals surface area contributed by atoms with E-state index < -0.39 is 0 Å². The molecular weight excluding hydrogens is 240 g/mol. The molecule has 1 atom stereocenters. The van der Waals surface area contributed by atoms with E-state index in [2.05, 4.69) is 45.3 Å². The number of aromatic nitrogens is 1. The van der Waals surface area contributed by atoms with Gasteiger partial charge < -0.3 is 5.32 Å². The molecule has 0 bridgehead atoms. The molecule has 1 aromatic heterocycles. The van der Waals surface area contributed by atoms with Crippen LogP contribution >= 0.6 is 11.3 Å². The minimum atomic E-state index is 0.176. The van der Waals surface area contributed by atoms with Crippen LogP contribution in [0.3, 0.4) is 0 Å². The topological polar surface area (TPSA) is 24.9 Å². The highest BCUT2D eigenvalue weighted by atomic mass is 32.1. The molecule has 0 spiro atoms. The number of hydrogen-bond acceptors (Lipinski definition) is 3. The summed E-state index contributed by atoms with van der Waals surface area (Å²) in [6, 6.07) is 0.650. The van der Waals surface area contributed by atoms with Crippen LogP contribution in [0.2, 0.25) is 0 Å². The van der Waals surface area contributed by atoms with Gasteiger partial charge in [0.15, 0.2) is 0 Å². The van der Waals surface area contributed by atoms with E-state index >= 15 is 0 Å². The number of nitrogens with one attached hydrogen (secondary N) is 1. The summed E-state index contributed by atoms with van der Waals surface area (Å²) in [4.78, 5) is 4.75. The molecule has 1 aliphatic rings. The fourth-order valence-corrected chi connectivity index (χ4v) is 3.57. The Morgan fingerprint density at radius 1 is 1.44 bits per heavy atom. The third-order valence-electron chi connectivity index (χ3n) is 3.98. The first-order chi connectivity index (χ1) is 8.29. The second-order valence-corrected chi connectivity index (χ2v) is 8.07. The quantitative estimate of drug-likeness (QED) is 0.890. The van der Waals surface area contributed by atoms with Crippen molar-refractivity contribution in [2.75, 3.05) is 0 Å². The van der Waals surface area contributed by atoms with Gasteiger partial charge in [0.05, 0.1) is 10.7 Å². The van der Waals surface area contributed by atoms with Gasteiger partial charge in [-0.1, -0.05) is 41.0 Å². The van der Waals surface area contributed by atoms with Crippen molar-refractivity contribution in [3.05, 3.63) is 16.1 Å². The average molecular weight is 266 g/mol. The number of rotatable bonds is 3. The van der Waals surface area contributed by atoms with Crippen molar-refractivity contribution < 1.29 is 0 Å². The first-order valence-electron chi connectivity index (χ1n) is 6.97. The van der Waals surface area contributed by atoms with E-state index in [0.717, 1.165) is 6.54 Å². The van der Waals surface area contributed by atoms with Crippen LogP contribution in [-0.2, 0) is 12.0 Å². The molecule has 0 radical (unpaired) electrons. The van der Waals surface area contributed by atoms with Crippen LogP contribution in [-0.4, -0.2) is 11.0 Å². The van der Waals surface area contributed by atoms with Gasteiger partial charge in [-0.25, -0.2) is 4.98 Å². The van der Waals surface area contributed by atoms with Gasteiger partial charge >= 0.3 is 0 Å². The van der Waals surface area contributed by atoms with Gasteiger partial charge in [0.2, 0.25) is 0 Å². The lowest BCUT2D eigenvalue weighted by Gasteiger charge is -2.27. The van der Waals surface area contributed by atoms with Crippen molar-refractivity contribution in [3.8, 4) is 0 Å². The summed E-state index contributed by atoms with van der Waals surface area (Å²) in [5.74, 6) is 0. The highest BCUT2D eigenvalue weighted by Gasteiger charge is 2.33. The van der Waals surface area contributed by atoms with Crippen molar-refractivity contribution in [1.82, 2.24) is 10.3 Å². The maximum absolute atomic E-state index is 4.75. The van der Waals surface area contributed by atoms with Gasteiger partial charge in [0, 0.05) is 23.4 Å². The highest BCUT2D eigenvalue weighted by Crippen LogP contribution is 2.37. The molecule has 1 saturated carbocycles. The predicted octanol–water partition coefficient (Wildman–Crippen LogP) is 4.11. The van der Waals surface area contributed by atoms with Gasteiger partial charge in [0.25, 0.3) is 0 Å². The highest BCUT2D eigenvalue weighted by molar-refractivity contribution is 7.09. The van der Waals surface area contributed by atoms with Crippen molar-refractivity contribution in [2.24, 2.45) is 5.41 Å². The molecule has 1 heterocycles. The zero-order valence-electron chi connectivity index (χ0n) is 12.3. The Morgan fingerprint density at radius 2 is 2.17 bits per heavy atom. The first kappa shape index (κ1) is 14.0. The van der Waals surface area contributed by atoms with Crippen molar-refractivity contribution in [1.29, 1.82) is 0 Å². The van der Waals surface area contributed by atoms with Gasteiger partial charge in [-0.2, -0.15) is 0 Å². The molecule has 2 nitrogen and oxygen atoms in total. The maximum Gasteiger partial charge on any atom is 0.0982 e. The average Bonchev–Trinajstić information content (AvgIpc) is 2.80. The van der Waals surface area contributed by atoms with Crippen LogP contribution in [0, 0.1) is 5.41 Å². The Morgan fingerprint density at radius 3 is 2.67 bits per heavy atom. The second-order valence-electron chi connectivity index (χ2n) is 7.21. The molecule has 0 saturated heterocycles. The molecule has 3 heteroatoms. The molecule has 1 aromatic rings. The number of thiazole rings is 1. The molecular formula is C15H26N2S. The Hall–Kier alpha value is -0.410. The zero-order valence-corrected chi connectivity index (χ0v) is 13.2. The van der Waals surface area contributed by atoms with Crippen LogP contribution < -0.4 is 5.32 Å². The Bertz CT molecular complexity index is 401. The third-order valence-corrected chi connectivity index (χ3v) is 5.30. The summed E-state index contributed by atoms with van der Waals surface area (Å²) in [6.45, 7) is 12.3. The van der Waals surface area contributed by atoms with E-state index in [9.17, 15) is 0 Å². The molecule has 1 N–H and O–H groups in total. The standard InChI is InChI=1S/C15H26N2S/c1-14(2,3)13-17-11(10-18-13)9-16-12-7-6-8-15(12,4)5/h10,12,16H,6-9H2,1-5H3. The summed E-state index contributed by atoms with van der Waals surface area (Å²) >= 11 is 1.79. The number of hydrogen-bond donors (Lipinski definition) is 1. The molecule has 0 amide bonds. The third kappa shape index (κ3) is 3.12. The van der Waals surface area contributed by atoms with Crippen LogP contribution in [0.15, 0.2) is 5.38 Å². The Balaban J connectivity index is 1.93. The molecule has 0 aromatic carbocycles. The van der Waals surface area contributed by atoms with Crippen LogP contribution in [0.1, 0.15) is 64.6 Å². The first-order valence-corrected chi connectivity index (χ1v) is 7.85. The molecule has 1 unspecified atom stereocenters. The van der Waals surface area contributed by atoms with Gasteiger partial charge in [-0.05, 0) is 18.3 Å². The van der Waals surface area contributed by atoms with Crippen LogP contribution in [0.5, 0.6) is 0 Å². The maximum atomic E-state index is 4.75. The molecule has 2 rings (SSSR count). The SMILES string of the molecule is CC(C)(C)c1nc(CNC2CCCC2(C)C)cs1. The van der Waals surface area contributed by atoms with E-state index in [0.29, 0.717) is 11.5 Å². The monoisotopic (exact) mass is 266 g/mol. The smallest absolute Gasteiger partial charge is 0.0982 e. The summed E-state index contributed by atoms with van der Waals surface area (Å²) in [7, 11) is 0. The summed E-state index contributed by atoms with van der Waals surface area (Å²) in [5.41, 5.74) is 1.82. The minimum Gasteiger partial charge on any atom is -0.308 e. The normalized spacial score (nSPS) is 23.5. The van der Waals surface area contributed by atoms with Crippen molar-refractivity contribution in [2.45, 2.75) is 71.9 Å². The van der Waals surface area contributed by atoms with E-state index in [4.69, 9.17) is 4.98 Å². The molecule has 102 valence electrons. The molecule has 1 aliphatic carbocycles. The molecule has 0 aliphatic heterocycles. The van der Waals surface area contributed by atoms with Crippen molar-refractivity contribution in [3.63, 3.8) is 0 Å². The van der Waals surface area contributed by atoms with Gasteiger partial charge in [0.1, 0.15) is 0 Å². The summed E-state index contributed by atoms with van der Waals surface area (Å²) in [5, 5.41) is 7.14. The van der Waals surface area contributed by atoms with Crippen LogP contribution in [0.4, 0.5) is 0 Å². The fourth-order valence-electron chi connectivity index (χ4n) is 2.67. The van der Waals surface area contributed by atoms with Crippen LogP contribution in [0.25, 0.3) is 0 Å². The summed E-state index contributed by atoms with van der Waals surface area (Å²) < 4.78 is 0. The number of nitrogens with zero attached hydrogens (tertiary/aromatic N) is 1. The lowest BCUT2D eigenvalue weighted by Crippen LogP contribution is -2.37. The molecule has 18 heavy (non-hydrogen) atoms. The Kier molecular flexibility index (Phi) is 3.84. The fraction of sp³-hybridized carbons (Fsp3) is 0.800. The van der Waals surface area contributed by atoms with E-state index in [1.54, 1.807) is 11.3 Å². The van der Waals surface area contributed by atoms with Gasteiger partial charge in [-0.15, -0.1) is 11.3 Å². The van der Waals surface area contributed by atoms with E-state index in [1.165, 1.54) is 30.0 Å². The Labute approximate surface area is 115 Å². The predicted molar refractivity (Wildman–Crippen MR) is 79.1 cm³/mol. The lowest BCUT2D eigenvalue weighted by molar-refractivity contribution is 0.282. The minimum absolute atomic E-state index is 0.176. The second kappa shape index (κ2) is 4.93. The largest absolute Gasteiger partial charge is 0.308 e. The van der Waals surface area contributed by atoms with E-state index in [1.807, 2.05) is 0 Å².